The Bertz CT molecular complexity index is 1070. The Hall–Kier alpha value is -3.41. The van der Waals surface area contributed by atoms with Gasteiger partial charge in [-0.1, -0.05) is 11.3 Å². The third kappa shape index (κ3) is 4.13. The number of hydrogen-bond donors (Lipinski definition) is 3. The van der Waals surface area contributed by atoms with Crippen LogP contribution >= 0.6 is 11.3 Å². The number of anilines is 3. The average Bonchev–Trinajstić information content (AvgIpc) is 3.48. The third-order valence-electron chi connectivity index (χ3n) is 4.89. The number of hydrogen-bond acceptors (Lipinski definition) is 5. The summed E-state index contributed by atoms with van der Waals surface area (Å²) in [5, 5.41) is 17.8. The van der Waals surface area contributed by atoms with Crippen LogP contribution in [-0.2, 0) is 13.6 Å². The van der Waals surface area contributed by atoms with Crippen molar-refractivity contribution in [3.63, 3.8) is 0 Å². The number of aryl methyl sites for hydroxylation is 1. The van der Waals surface area contributed by atoms with Crippen LogP contribution < -0.4 is 25.4 Å². The van der Waals surface area contributed by atoms with E-state index in [4.69, 9.17) is 0 Å². The van der Waals surface area contributed by atoms with Gasteiger partial charge >= 0.3 is 12.1 Å². The van der Waals surface area contributed by atoms with Gasteiger partial charge in [0.1, 0.15) is 6.04 Å². The molecule has 1 fully saturated rings. The smallest absolute Gasteiger partial charge is 0.324 e. The molecule has 1 saturated heterocycles. The molecule has 3 N–H and O–H groups in total. The predicted molar refractivity (Wildman–Crippen MR) is 113 cm³/mol. The fourth-order valence-electron chi connectivity index (χ4n) is 3.24. The largest absolute Gasteiger partial charge is 0.336 e. The van der Waals surface area contributed by atoms with Crippen LogP contribution in [0.1, 0.15) is 18.7 Å². The number of urea groups is 2. The number of carbonyl (C=O) groups is 2. The lowest BCUT2D eigenvalue weighted by Gasteiger charge is -2.11. The quantitative estimate of drug-likeness (QED) is 0.517. The van der Waals surface area contributed by atoms with Gasteiger partial charge in [0.15, 0.2) is 17.4 Å². The molecule has 3 aromatic heterocycles. The monoisotopic (exact) mass is 430 g/mol. The average molecular weight is 431 g/mol. The van der Waals surface area contributed by atoms with Gasteiger partial charge in [-0.05, 0) is 6.92 Å². The molecule has 1 aliphatic heterocycles. The molecule has 3 aromatic rings. The summed E-state index contributed by atoms with van der Waals surface area (Å²) in [5.41, 5.74) is 3.57. The summed E-state index contributed by atoms with van der Waals surface area (Å²) < 4.78 is 5.56. The van der Waals surface area contributed by atoms with E-state index in [0.717, 1.165) is 10.7 Å². The van der Waals surface area contributed by atoms with Crippen LogP contribution in [0.25, 0.3) is 0 Å². The van der Waals surface area contributed by atoms with Crippen LogP contribution in [0.5, 0.6) is 0 Å². The molecule has 1 atom stereocenters. The third-order valence-corrected chi connectivity index (χ3v) is 5.88. The number of thiazole rings is 1. The highest BCUT2D eigenvalue weighted by atomic mass is 32.1. The summed E-state index contributed by atoms with van der Waals surface area (Å²) in [6.45, 7) is 5.97. The van der Waals surface area contributed by atoms with Crippen molar-refractivity contribution in [2.75, 3.05) is 28.6 Å². The molecule has 4 rings (SSSR count). The van der Waals surface area contributed by atoms with E-state index in [2.05, 4.69) is 37.6 Å². The molecule has 1 unspecified atom stereocenters. The Balaban J connectivity index is 1.38. The van der Waals surface area contributed by atoms with E-state index in [0.29, 0.717) is 31.1 Å². The van der Waals surface area contributed by atoms with E-state index < -0.39 is 0 Å². The first-order valence-electron chi connectivity index (χ1n) is 9.55. The number of nitrogens with one attached hydrogen (secondary N) is 3. The predicted octanol–water partition coefficient (Wildman–Crippen LogP) is 1.71. The van der Waals surface area contributed by atoms with Gasteiger partial charge in [0.05, 0.1) is 11.9 Å². The van der Waals surface area contributed by atoms with Crippen LogP contribution in [0.3, 0.4) is 0 Å². The molecule has 12 heteroatoms. The molecule has 1 aliphatic rings. The SMILES string of the molecule is Cc1c(NC(=O)Nc2cnn(C)c2)sc[n+]1CC(C)n1ccc(N2CCNC2=O)n1. The van der Waals surface area contributed by atoms with E-state index in [1.165, 1.54) is 11.3 Å². The normalized spacial score (nSPS) is 14.6. The first-order chi connectivity index (χ1) is 14.4. The summed E-state index contributed by atoms with van der Waals surface area (Å²) in [7, 11) is 1.79. The van der Waals surface area contributed by atoms with Crippen molar-refractivity contribution >= 4 is 39.9 Å². The molecular weight excluding hydrogens is 406 g/mol. The summed E-state index contributed by atoms with van der Waals surface area (Å²) in [4.78, 5) is 25.7. The second kappa shape index (κ2) is 8.14. The van der Waals surface area contributed by atoms with Gasteiger partial charge in [-0.2, -0.15) is 14.8 Å². The lowest BCUT2D eigenvalue weighted by molar-refractivity contribution is -0.701. The fourth-order valence-corrected chi connectivity index (χ4v) is 4.15. The Morgan fingerprint density at radius 3 is 2.97 bits per heavy atom. The van der Waals surface area contributed by atoms with Gasteiger partial charge in [-0.15, -0.1) is 0 Å². The number of nitrogens with zero attached hydrogens (tertiary/aromatic N) is 6. The van der Waals surface area contributed by atoms with Gasteiger partial charge in [-0.3, -0.25) is 19.6 Å². The summed E-state index contributed by atoms with van der Waals surface area (Å²) in [5.74, 6) is 0.651. The molecule has 0 aromatic carbocycles. The molecule has 30 heavy (non-hydrogen) atoms. The highest BCUT2D eigenvalue weighted by molar-refractivity contribution is 7.13. The summed E-state index contributed by atoms with van der Waals surface area (Å²) in [6.07, 6.45) is 5.20. The topological polar surface area (TPSA) is 113 Å². The minimum atomic E-state index is -0.311. The summed E-state index contributed by atoms with van der Waals surface area (Å²) >= 11 is 1.46. The first-order valence-corrected chi connectivity index (χ1v) is 10.4. The Morgan fingerprint density at radius 1 is 1.43 bits per heavy atom. The van der Waals surface area contributed by atoms with Crippen molar-refractivity contribution in [2.24, 2.45) is 7.05 Å². The fraction of sp³-hybridized carbons (Fsp3) is 0.389. The number of aromatic nitrogens is 5. The highest BCUT2D eigenvalue weighted by Crippen LogP contribution is 2.20. The van der Waals surface area contributed by atoms with Gasteiger partial charge in [0.25, 0.3) is 0 Å². The van der Waals surface area contributed by atoms with Crippen molar-refractivity contribution in [3.05, 3.63) is 35.9 Å². The molecule has 158 valence electrons. The maximum absolute atomic E-state index is 12.2. The molecule has 0 bridgehead atoms. The number of carbonyl (C=O) groups excluding carboxylic acids is 2. The van der Waals surface area contributed by atoms with Crippen molar-refractivity contribution in [1.29, 1.82) is 0 Å². The maximum Gasteiger partial charge on any atom is 0.324 e. The number of rotatable bonds is 6. The Morgan fingerprint density at radius 2 is 2.27 bits per heavy atom. The van der Waals surface area contributed by atoms with Crippen molar-refractivity contribution < 1.29 is 14.2 Å². The molecule has 0 aliphatic carbocycles. The van der Waals surface area contributed by atoms with E-state index in [-0.39, 0.29) is 18.1 Å². The Labute approximate surface area is 177 Å². The molecule has 0 radical (unpaired) electrons. The molecule has 4 heterocycles. The standard InChI is InChI=1S/C18H23N9O2S/c1-12(27-6-4-15(23-27)26-7-5-19-18(26)29)9-25-11-30-16(13(25)2)22-17(28)21-14-8-20-24(3)10-14/h4,6,8,10-12H,5,7,9H2,1-3H3,(H2-,19,21,22,28,29)/p+1. The van der Waals surface area contributed by atoms with E-state index in [1.54, 1.807) is 29.0 Å². The van der Waals surface area contributed by atoms with Gasteiger partial charge in [0, 0.05) is 45.5 Å². The van der Waals surface area contributed by atoms with Crippen LogP contribution in [0.2, 0.25) is 0 Å². The van der Waals surface area contributed by atoms with Crippen LogP contribution in [0, 0.1) is 6.92 Å². The van der Waals surface area contributed by atoms with Crippen LogP contribution in [0.15, 0.2) is 30.2 Å². The minimum Gasteiger partial charge on any atom is -0.336 e. The van der Waals surface area contributed by atoms with Crippen molar-refractivity contribution in [3.8, 4) is 0 Å². The molecule has 4 amide bonds. The van der Waals surface area contributed by atoms with Crippen LogP contribution in [-0.4, -0.2) is 44.7 Å². The minimum absolute atomic E-state index is 0.0692. The van der Waals surface area contributed by atoms with Crippen molar-refractivity contribution in [2.45, 2.75) is 26.4 Å². The van der Waals surface area contributed by atoms with Crippen LogP contribution in [0.4, 0.5) is 26.1 Å². The zero-order chi connectivity index (χ0) is 21.3. The number of amides is 4. The molecule has 0 saturated carbocycles. The zero-order valence-corrected chi connectivity index (χ0v) is 17.8. The lowest BCUT2D eigenvalue weighted by atomic mass is 10.3. The molecular formula is C18H24N9O2S+. The van der Waals surface area contributed by atoms with E-state index >= 15 is 0 Å². The second-order valence-corrected chi connectivity index (χ2v) is 8.01. The lowest BCUT2D eigenvalue weighted by Crippen LogP contribution is -2.38. The Kier molecular flexibility index (Phi) is 5.40. The zero-order valence-electron chi connectivity index (χ0n) is 17.0. The first kappa shape index (κ1) is 19.9. The maximum atomic E-state index is 12.2. The summed E-state index contributed by atoms with van der Waals surface area (Å²) in [6, 6.07) is 1.49. The highest BCUT2D eigenvalue weighted by Gasteiger charge is 2.25. The second-order valence-electron chi connectivity index (χ2n) is 7.16. The van der Waals surface area contributed by atoms with E-state index in [1.807, 2.05) is 29.4 Å². The van der Waals surface area contributed by atoms with Gasteiger partial charge < -0.3 is 10.6 Å². The van der Waals surface area contributed by atoms with Gasteiger partial charge in [0.2, 0.25) is 11.2 Å². The molecule has 0 spiro atoms. The van der Waals surface area contributed by atoms with E-state index in [9.17, 15) is 9.59 Å². The molecule has 11 nitrogen and oxygen atoms in total. The van der Waals surface area contributed by atoms with Gasteiger partial charge in [-0.25, -0.2) is 9.59 Å². The van der Waals surface area contributed by atoms with Crippen molar-refractivity contribution in [1.82, 2.24) is 24.9 Å².